The number of halogens is 1. The highest BCUT2D eigenvalue weighted by atomic mass is 127. The number of nitrogens with one attached hydrogen (secondary N) is 2. The number of hydrogen-bond acceptors (Lipinski definition) is 3. The molecule has 0 bridgehead atoms. The lowest BCUT2D eigenvalue weighted by Crippen LogP contribution is -2.12. The van der Waals surface area contributed by atoms with E-state index in [1.165, 1.54) is 6.33 Å². The van der Waals surface area contributed by atoms with Gasteiger partial charge in [0.2, 0.25) is 5.95 Å². The summed E-state index contributed by atoms with van der Waals surface area (Å²) in [5.74, 6) is 0.140. The van der Waals surface area contributed by atoms with Crippen molar-refractivity contribution < 1.29 is 4.79 Å². The molecule has 0 saturated carbocycles. The molecule has 0 fully saturated rings. The standard InChI is InChI=1S/C9H7IN4O/c10-7-3-1-6(2-4-7)8(15)13-9-11-5-12-14-9/h1-5H,(H2,11,12,13,14,15). The molecule has 1 heterocycles. The molecular weight excluding hydrogens is 307 g/mol. The normalized spacial score (nSPS) is 9.93. The highest BCUT2D eigenvalue weighted by Crippen LogP contribution is 2.08. The van der Waals surface area contributed by atoms with Crippen molar-refractivity contribution in [2.24, 2.45) is 0 Å². The van der Waals surface area contributed by atoms with Gasteiger partial charge in [-0.15, -0.1) is 0 Å². The summed E-state index contributed by atoms with van der Waals surface area (Å²) in [7, 11) is 0. The fraction of sp³-hybridized carbons (Fsp3) is 0. The van der Waals surface area contributed by atoms with Crippen LogP contribution in [0.4, 0.5) is 5.95 Å². The van der Waals surface area contributed by atoms with Crippen molar-refractivity contribution in [3.63, 3.8) is 0 Å². The summed E-state index contributed by atoms with van der Waals surface area (Å²) in [4.78, 5) is 15.4. The summed E-state index contributed by atoms with van der Waals surface area (Å²) in [6.07, 6.45) is 1.34. The van der Waals surface area contributed by atoms with Gasteiger partial charge in [-0.25, -0.2) is 5.10 Å². The van der Waals surface area contributed by atoms with Crippen LogP contribution < -0.4 is 5.32 Å². The molecule has 5 nitrogen and oxygen atoms in total. The number of H-pyrrole nitrogens is 1. The second-order valence-corrected chi connectivity index (χ2v) is 4.04. The zero-order valence-electron chi connectivity index (χ0n) is 7.57. The molecule has 76 valence electrons. The number of nitrogens with zero attached hydrogens (tertiary/aromatic N) is 2. The first-order valence-corrected chi connectivity index (χ1v) is 5.26. The second kappa shape index (κ2) is 4.39. The third-order valence-corrected chi connectivity index (χ3v) is 2.47. The summed E-state index contributed by atoms with van der Waals surface area (Å²) in [5, 5.41) is 8.77. The Morgan fingerprint density at radius 3 is 2.67 bits per heavy atom. The van der Waals surface area contributed by atoms with Gasteiger partial charge in [-0.1, -0.05) is 0 Å². The molecule has 0 unspecified atom stereocenters. The number of rotatable bonds is 2. The van der Waals surface area contributed by atoms with Crippen LogP contribution in [0, 0.1) is 3.57 Å². The summed E-state index contributed by atoms with van der Waals surface area (Å²) >= 11 is 2.18. The van der Waals surface area contributed by atoms with Crippen molar-refractivity contribution in [1.29, 1.82) is 0 Å². The first-order chi connectivity index (χ1) is 7.25. The molecule has 6 heteroatoms. The molecule has 0 radical (unpaired) electrons. The molecule has 2 N–H and O–H groups in total. The number of benzene rings is 1. The summed E-state index contributed by atoms with van der Waals surface area (Å²) in [5.41, 5.74) is 0.590. The number of carbonyl (C=O) groups is 1. The number of aromatic amines is 1. The van der Waals surface area contributed by atoms with Gasteiger partial charge in [0.25, 0.3) is 5.91 Å². The van der Waals surface area contributed by atoms with E-state index in [2.05, 4.69) is 43.1 Å². The summed E-state index contributed by atoms with van der Waals surface area (Å²) in [6, 6.07) is 7.26. The first kappa shape index (κ1) is 10.1. The first-order valence-electron chi connectivity index (χ1n) is 4.18. The molecule has 2 rings (SSSR count). The van der Waals surface area contributed by atoms with Crippen molar-refractivity contribution in [3.05, 3.63) is 39.7 Å². The van der Waals surface area contributed by atoms with Crippen LogP contribution in [-0.2, 0) is 0 Å². The van der Waals surface area contributed by atoms with Crippen LogP contribution >= 0.6 is 22.6 Å². The highest BCUT2D eigenvalue weighted by Gasteiger charge is 2.06. The predicted molar refractivity (Wildman–Crippen MR) is 63.5 cm³/mol. The Labute approximate surface area is 99.4 Å². The molecule has 0 spiro atoms. The molecule has 0 aliphatic carbocycles. The fourth-order valence-corrected chi connectivity index (χ4v) is 1.41. The maximum atomic E-state index is 11.6. The van der Waals surface area contributed by atoms with E-state index < -0.39 is 0 Å². The molecule has 0 aliphatic rings. The average Bonchev–Trinajstić information content (AvgIpc) is 2.71. The highest BCUT2D eigenvalue weighted by molar-refractivity contribution is 14.1. The molecule has 1 amide bonds. The quantitative estimate of drug-likeness (QED) is 0.828. The topological polar surface area (TPSA) is 70.7 Å². The minimum atomic E-state index is -0.205. The van der Waals surface area contributed by atoms with Crippen molar-refractivity contribution in [3.8, 4) is 0 Å². The van der Waals surface area contributed by atoms with E-state index in [1.54, 1.807) is 12.1 Å². The van der Waals surface area contributed by atoms with Gasteiger partial charge in [0, 0.05) is 9.13 Å². The van der Waals surface area contributed by atoms with E-state index in [0.29, 0.717) is 11.5 Å². The van der Waals surface area contributed by atoms with Crippen molar-refractivity contribution in [1.82, 2.24) is 15.2 Å². The lowest BCUT2D eigenvalue weighted by molar-refractivity contribution is 0.102. The molecule has 0 atom stereocenters. The van der Waals surface area contributed by atoms with Gasteiger partial charge in [-0.05, 0) is 46.9 Å². The fourth-order valence-electron chi connectivity index (χ4n) is 1.05. The lowest BCUT2D eigenvalue weighted by atomic mass is 10.2. The minimum Gasteiger partial charge on any atom is -0.291 e. The Hall–Kier alpha value is -1.44. The second-order valence-electron chi connectivity index (χ2n) is 2.80. The van der Waals surface area contributed by atoms with Crippen LogP contribution in [0.15, 0.2) is 30.6 Å². The van der Waals surface area contributed by atoms with Crippen LogP contribution in [0.25, 0.3) is 0 Å². The van der Waals surface area contributed by atoms with Crippen molar-refractivity contribution in [2.45, 2.75) is 0 Å². The van der Waals surface area contributed by atoms with E-state index in [-0.39, 0.29) is 5.91 Å². The van der Waals surface area contributed by atoms with Gasteiger partial charge in [-0.2, -0.15) is 10.1 Å². The predicted octanol–water partition coefficient (Wildman–Crippen LogP) is 1.66. The van der Waals surface area contributed by atoms with E-state index in [1.807, 2.05) is 12.1 Å². The monoisotopic (exact) mass is 314 g/mol. The Bertz CT molecular complexity index is 451. The zero-order valence-corrected chi connectivity index (χ0v) is 9.72. The zero-order chi connectivity index (χ0) is 10.7. The number of carbonyl (C=O) groups excluding carboxylic acids is 1. The van der Waals surface area contributed by atoms with Crippen LogP contribution in [0.1, 0.15) is 10.4 Å². The number of amides is 1. The molecule has 0 saturated heterocycles. The Morgan fingerprint density at radius 2 is 2.07 bits per heavy atom. The lowest BCUT2D eigenvalue weighted by Gasteiger charge is -2.00. The van der Waals surface area contributed by atoms with Gasteiger partial charge in [-0.3, -0.25) is 10.1 Å². The average molecular weight is 314 g/mol. The third-order valence-electron chi connectivity index (χ3n) is 1.75. The van der Waals surface area contributed by atoms with Gasteiger partial charge >= 0.3 is 0 Å². The Kier molecular flexibility index (Phi) is 2.95. The number of anilines is 1. The molecule has 1 aromatic carbocycles. The smallest absolute Gasteiger partial charge is 0.258 e. The van der Waals surface area contributed by atoms with E-state index in [9.17, 15) is 4.79 Å². The van der Waals surface area contributed by atoms with Gasteiger partial charge in [0.1, 0.15) is 6.33 Å². The van der Waals surface area contributed by atoms with E-state index in [0.717, 1.165) is 3.57 Å². The SMILES string of the molecule is O=C(Nc1ncn[nH]1)c1ccc(I)cc1. The van der Waals surface area contributed by atoms with Crippen LogP contribution in [0.5, 0.6) is 0 Å². The Morgan fingerprint density at radius 1 is 1.33 bits per heavy atom. The van der Waals surface area contributed by atoms with Gasteiger partial charge < -0.3 is 0 Å². The maximum Gasteiger partial charge on any atom is 0.258 e. The van der Waals surface area contributed by atoms with Gasteiger partial charge in [0.15, 0.2) is 0 Å². The van der Waals surface area contributed by atoms with Crippen LogP contribution in [-0.4, -0.2) is 21.1 Å². The third kappa shape index (κ3) is 2.52. The molecule has 2 aromatic rings. The maximum absolute atomic E-state index is 11.6. The molecule has 15 heavy (non-hydrogen) atoms. The summed E-state index contributed by atoms with van der Waals surface area (Å²) in [6.45, 7) is 0. The number of hydrogen-bond donors (Lipinski definition) is 2. The van der Waals surface area contributed by atoms with Crippen LogP contribution in [0.2, 0.25) is 0 Å². The molecular formula is C9H7IN4O. The largest absolute Gasteiger partial charge is 0.291 e. The molecule has 0 aliphatic heterocycles. The van der Waals surface area contributed by atoms with Crippen molar-refractivity contribution in [2.75, 3.05) is 5.32 Å². The summed E-state index contributed by atoms with van der Waals surface area (Å²) < 4.78 is 1.09. The van der Waals surface area contributed by atoms with Gasteiger partial charge in [0.05, 0.1) is 0 Å². The van der Waals surface area contributed by atoms with Crippen LogP contribution in [0.3, 0.4) is 0 Å². The van der Waals surface area contributed by atoms with E-state index in [4.69, 9.17) is 0 Å². The Balaban J connectivity index is 2.11. The number of aromatic nitrogens is 3. The van der Waals surface area contributed by atoms with E-state index >= 15 is 0 Å². The minimum absolute atomic E-state index is 0.205. The molecule has 1 aromatic heterocycles. The van der Waals surface area contributed by atoms with Crippen molar-refractivity contribution >= 4 is 34.4 Å².